The van der Waals surface area contributed by atoms with Crippen LogP contribution in [0.1, 0.15) is 43.7 Å². The first-order chi connectivity index (χ1) is 10.8. The Kier molecular flexibility index (Phi) is 5.68. The van der Waals surface area contributed by atoms with Gasteiger partial charge >= 0.3 is 6.18 Å². The Morgan fingerprint density at radius 3 is 2.35 bits per heavy atom. The van der Waals surface area contributed by atoms with E-state index in [1.807, 2.05) is 11.8 Å². The normalized spacial score (nSPS) is 17.5. The molecule has 0 aromatic heterocycles. The van der Waals surface area contributed by atoms with Crippen molar-refractivity contribution in [2.24, 2.45) is 0 Å². The smallest absolute Gasteiger partial charge is 0.352 e. The minimum atomic E-state index is -4.32. The average Bonchev–Trinajstić information content (AvgIpc) is 2.98. The van der Waals surface area contributed by atoms with Crippen LogP contribution in [0.3, 0.4) is 0 Å². The summed E-state index contributed by atoms with van der Waals surface area (Å²) in [4.78, 5) is 14.1. The van der Waals surface area contributed by atoms with E-state index in [2.05, 4.69) is 5.32 Å². The van der Waals surface area contributed by atoms with E-state index in [0.717, 1.165) is 43.4 Å². The largest absolute Gasteiger partial charge is 0.416 e. The van der Waals surface area contributed by atoms with Crippen LogP contribution in [-0.4, -0.2) is 29.9 Å². The minimum Gasteiger partial charge on any atom is -0.352 e. The predicted octanol–water partition coefficient (Wildman–Crippen LogP) is 3.58. The lowest BCUT2D eigenvalue weighted by Gasteiger charge is -2.25. The van der Waals surface area contributed by atoms with E-state index in [1.165, 1.54) is 12.1 Å². The summed E-state index contributed by atoms with van der Waals surface area (Å²) in [5.74, 6) is -0.0219. The molecule has 0 bridgehead atoms. The van der Waals surface area contributed by atoms with E-state index >= 15 is 0 Å². The van der Waals surface area contributed by atoms with Crippen LogP contribution < -0.4 is 5.32 Å². The topological polar surface area (TPSA) is 32.3 Å². The Balaban J connectivity index is 1.89. The van der Waals surface area contributed by atoms with Crippen molar-refractivity contribution < 1.29 is 18.0 Å². The van der Waals surface area contributed by atoms with Gasteiger partial charge in [0.15, 0.2) is 0 Å². The lowest BCUT2D eigenvalue weighted by atomic mass is 10.1. The maximum Gasteiger partial charge on any atom is 0.416 e. The van der Waals surface area contributed by atoms with E-state index in [1.54, 1.807) is 7.05 Å². The molecule has 0 aliphatic heterocycles. The van der Waals surface area contributed by atoms with Crippen molar-refractivity contribution in [3.8, 4) is 0 Å². The second-order valence-electron chi connectivity index (χ2n) is 6.28. The van der Waals surface area contributed by atoms with Crippen molar-refractivity contribution >= 4 is 5.91 Å². The number of hydrogen-bond acceptors (Lipinski definition) is 2. The van der Waals surface area contributed by atoms with Gasteiger partial charge in [-0.05, 0) is 44.5 Å². The zero-order valence-electron chi connectivity index (χ0n) is 13.5. The number of likely N-dealkylation sites (N-methyl/N-ethyl adjacent to an activating group) is 1. The molecule has 0 heterocycles. The van der Waals surface area contributed by atoms with Crippen LogP contribution in [0.2, 0.25) is 0 Å². The van der Waals surface area contributed by atoms with Gasteiger partial charge in [-0.25, -0.2) is 0 Å². The van der Waals surface area contributed by atoms with Gasteiger partial charge in [-0.15, -0.1) is 0 Å². The molecule has 0 spiro atoms. The van der Waals surface area contributed by atoms with Gasteiger partial charge in [-0.3, -0.25) is 9.69 Å². The maximum atomic E-state index is 12.5. The molecule has 6 heteroatoms. The second kappa shape index (κ2) is 7.34. The molecule has 1 atom stereocenters. The zero-order chi connectivity index (χ0) is 17.0. The van der Waals surface area contributed by atoms with Crippen molar-refractivity contribution in [3.63, 3.8) is 0 Å². The van der Waals surface area contributed by atoms with Gasteiger partial charge in [0.2, 0.25) is 5.91 Å². The molecule has 0 radical (unpaired) electrons. The Hall–Kier alpha value is -1.56. The highest BCUT2D eigenvalue weighted by molar-refractivity contribution is 5.81. The number of nitrogens with one attached hydrogen (secondary N) is 1. The molecule has 1 aromatic carbocycles. The quantitative estimate of drug-likeness (QED) is 0.896. The summed E-state index contributed by atoms with van der Waals surface area (Å²) in [5.41, 5.74) is 0.0944. The highest BCUT2D eigenvalue weighted by Gasteiger charge is 2.30. The molecule has 1 unspecified atom stereocenters. The van der Waals surface area contributed by atoms with Gasteiger partial charge in [0.1, 0.15) is 0 Å². The highest BCUT2D eigenvalue weighted by Crippen LogP contribution is 2.29. The van der Waals surface area contributed by atoms with Gasteiger partial charge in [0.05, 0.1) is 11.6 Å². The van der Waals surface area contributed by atoms with Crippen molar-refractivity contribution in [1.82, 2.24) is 10.2 Å². The average molecular weight is 328 g/mol. The highest BCUT2D eigenvalue weighted by atomic mass is 19.4. The molecule has 1 amide bonds. The molecule has 3 nitrogen and oxygen atoms in total. The molecular formula is C17H23F3N2O. The SMILES string of the molecule is CC(C(=O)NC1CCCC1)N(C)Cc1ccc(C(F)(F)F)cc1. The molecule has 1 N–H and O–H groups in total. The first kappa shape index (κ1) is 17.8. The number of nitrogens with zero attached hydrogens (tertiary/aromatic N) is 1. The van der Waals surface area contributed by atoms with Crippen LogP contribution >= 0.6 is 0 Å². The van der Waals surface area contributed by atoms with E-state index in [-0.39, 0.29) is 18.0 Å². The molecule has 2 rings (SSSR count). The standard InChI is InChI=1S/C17H23F3N2O/c1-12(16(23)21-15-5-3-4-6-15)22(2)11-13-7-9-14(10-8-13)17(18,19)20/h7-10,12,15H,3-6,11H2,1-2H3,(H,21,23). The second-order valence-corrected chi connectivity index (χ2v) is 6.28. The first-order valence-corrected chi connectivity index (χ1v) is 7.94. The first-order valence-electron chi connectivity index (χ1n) is 7.94. The number of rotatable bonds is 5. The number of carbonyl (C=O) groups excluding carboxylic acids is 1. The van der Waals surface area contributed by atoms with E-state index < -0.39 is 11.7 Å². The number of halogens is 3. The maximum absolute atomic E-state index is 12.5. The summed E-state index contributed by atoms with van der Waals surface area (Å²) in [6, 6.07) is 5.02. The number of amides is 1. The van der Waals surface area contributed by atoms with Gasteiger partial charge in [-0.1, -0.05) is 25.0 Å². The van der Waals surface area contributed by atoms with E-state index in [0.29, 0.717) is 6.54 Å². The summed E-state index contributed by atoms with van der Waals surface area (Å²) >= 11 is 0. The van der Waals surface area contributed by atoms with Crippen molar-refractivity contribution in [2.75, 3.05) is 7.05 Å². The van der Waals surface area contributed by atoms with Crippen molar-refractivity contribution in [2.45, 2.75) is 57.4 Å². The monoisotopic (exact) mass is 328 g/mol. The van der Waals surface area contributed by atoms with Crippen molar-refractivity contribution in [3.05, 3.63) is 35.4 Å². The molecule has 128 valence electrons. The van der Waals surface area contributed by atoms with Gasteiger partial charge in [0, 0.05) is 12.6 Å². The fourth-order valence-corrected chi connectivity index (χ4v) is 2.82. The predicted molar refractivity (Wildman–Crippen MR) is 82.8 cm³/mol. The van der Waals surface area contributed by atoms with Crippen LogP contribution in [0, 0.1) is 0 Å². The number of alkyl halides is 3. The van der Waals surface area contributed by atoms with Crippen LogP contribution in [0.15, 0.2) is 24.3 Å². The van der Waals surface area contributed by atoms with E-state index in [9.17, 15) is 18.0 Å². The summed E-state index contributed by atoms with van der Waals surface area (Å²) in [6.07, 6.45) is 0.0441. The summed E-state index contributed by atoms with van der Waals surface area (Å²) in [6.45, 7) is 2.24. The van der Waals surface area contributed by atoms with Crippen LogP contribution in [0.4, 0.5) is 13.2 Å². The Labute approximate surface area is 134 Å². The third kappa shape index (κ3) is 4.96. The van der Waals surface area contributed by atoms with Gasteiger partial charge < -0.3 is 5.32 Å². The Bertz CT molecular complexity index is 522. The molecule has 23 heavy (non-hydrogen) atoms. The third-order valence-electron chi connectivity index (χ3n) is 4.46. The van der Waals surface area contributed by atoms with Crippen LogP contribution in [-0.2, 0) is 17.5 Å². The minimum absolute atomic E-state index is 0.0219. The summed E-state index contributed by atoms with van der Waals surface area (Å²) in [7, 11) is 1.80. The van der Waals surface area contributed by atoms with E-state index in [4.69, 9.17) is 0 Å². The van der Waals surface area contributed by atoms with Crippen LogP contribution in [0.5, 0.6) is 0 Å². The molecule has 1 aliphatic carbocycles. The third-order valence-corrected chi connectivity index (χ3v) is 4.46. The Morgan fingerprint density at radius 1 is 1.26 bits per heavy atom. The fourth-order valence-electron chi connectivity index (χ4n) is 2.82. The summed E-state index contributed by atoms with van der Waals surface area (Å²) < 4.78 is 37.6. The van der Waals surface area contributed by atoms with Crippen LogP contribution in [0.25, 0.3) is 0 Å². The molecule has 1 fully saturated rings. The number of hydrogen-bond donors (Lipinski definition) is 1. The zero-order valence-corrected chi connectivity index (χ0v) is 13.5. The molecule has 1 saturated carbocycles. The Morgan fingerprint density at radius 2 is 1.83 bits per heavy atom. The molecule has 1 aliphatic rings. The summed E-state index contributed by atoms with van der Waals surface area (Å²) in [5, 5.41) is 3.04. The van der Waals surface area contributed by atoms with Gasteiger partial charge in [0.25, 0.3) is 0 Å². The lowest BCUT2D eigenvalue weighted by Crippen LogP contribution is -2.46. The molecule has 0 saturated heterocycles. The van der Waals surface area contributed by atoms with Crippen molar-refractivity contribution in [1.29, 1.82) is 0 Å². The lowest BCUT2D eigenvalue weighted by molar-refractivity contribution is -0.137. The fraction of sp³-hybridized carbons (Fsp3) is 0.588. The number of carbonyl (C=O) groups is 1. The molecular weight excluding hydrogens is 305 g/mol. The molecule has 1 aromatic rings. The van der Waals surface area contributed by atoms with Gasteiger partial charge in [-0.2, -0.15) is 13.2 Å². The number of benzene rings is 1.